The number of benzene rings is 1. The molecular weight excluding hydrogens is 213 g/mol. The molecule has 0 saturated carbocycles. The first-order valence-electron chi connectivity index (χ1n) is 4.78. The van der Waals surface area contributed by atoms with Gasteiger partial charge in [0.15, 0.2) is 18.0 Å². The quantitative estimate of drug-likeness (QED) is 0.831. The van der Waals surface area contributed by atoms with E-state index in [1.807, 2.05) is 0 Å². The second-order valence-corrected chi connectivity index (χ2v) is 3.49. The first kappa shape index (κ1) is 10.6. The van der Waals surface area contributed by atoms with Crippen LogP contribution in [-0.4, -0.2) is 23.0 Å². The van der Waals surface area contributed by atoms with Gasteiger partial charge in [-0.1, -0.05) is 18.2 Å². The van der Waals surface area contributed by atoms with Gasteiger partial charge >= 0.3 is 5.97 Å². The molecule has 0 amide bonds. The first-order chi connectivity index (χ1) is 7.59. The smallest absolute Gasteiger partial charge is 0.332 e. The number of rotatable bonds is 2. The summed E-state index contributed by atoms with van der Waals surface area (Å²) < 4.78 is 18.7. The molecule has 0 saturated heterocycles. The van der Waals surface area contributed by atoms with E-state index in [2.05, 4.69) is 4.99 Å². The van der Waals surface area contributed by atoms with Crippen molar-refractivity contribution >= 4 is 11.9 Å². The maximum absolute atomic E-state index is 13.5. The Labute approximate surface area is 91.4 Å². The van der Waals surface area contributed by atoms with Gasteiger partial charge in [-0.3, -0.25) is 0 Å². The summed E-state index contributed by atoms with van der Waals surface area (Å²) in [6.07, 6.45) is -0.876. The Balaban J connectivity index is 2.36. The molecule has 0 aromatic heterocycles. The summed E-state index contributed by atoms with van der Waals surface area (Å²) in [5, 5.41) is 8.94. The van der Waals surface area contributed by atoms with Gasteiger partial charge in [-0.05, 0) is 6.07 Å². The van der Waals surface area contributed by atoms with Crippen molar-refractivity contribution < 1.29 is 19.0 Å². The average Bonchev–Trinajstić information content (AvgIpc) is 2.61. The molecule has 0 fully saturated rings. The molecule has 0 aliphatic carbocycles. The number of hydrogen-bond donors (Lipinski definition) is 1. The Morgan fingerprint density at radius 3 is 2.81 bits per heavy atom. The van der Waals surface area contributed by atoms with E-state index in [-0.39, 0.29) is 11.5 Å². The fourth-order valence-electron chi connectivity index (χ4n) is 1.67. The molecule has 84 valence electrons. The van der Waals surface area contributed by atoms with Gasteiger partial charge < -0.3 is 9.84 Å². The van der Waals surface area contributed by atoms with E-state index in [0.29, 0.717) is 0 Å². The molecule has 1 aliphatic heterocycles. The van der Waals surface area contributed by atoms with Gasteiger partial charge in [-0.2, -0.15) is 0 Å². The third-order valence-electron chi connectivity index (χ3n) is 2.37. The van der Waals surface area contributed by atoms with Gasteiger partial charge in [-0.15, -0.1) is 0 Å². The maximum atomic E-state index is 13.5. The molecule has 2 atom stereocenters. The molecule has 0 radical (unpaired) electrons. The highest BCUT2D eigenvalue weighted by atomic mass is 19.1. The number of ether oxygens (including phenoxy) is 1. The predicted molar refractivity (Wildman–Crippen MR) is 54.8 cm³/mol. The number of nitrogens with zero attached hydrogens (tertiary/aromatic N) is 1. The lowest BCUT2D eigenvalue weighted by Crippen LogP contribution is -2.24. The molecule has 2 unspecified atom stereocenters. The summed E-state index contributed by atoms with van der Waals surface area (Å²) in [6, 6.07) is 4.87. The normalized spacial score (nSPS) is 23.8. The fraction of sp³-hybridized carbons (Fsp3) is 0.273. The molecule has 0 spiro atoms. The summed E-state index contributed by atoms with van der Waals surface area (Å²) in [6.45, 7) is 1.55. The van der Waals surface area contributed by atoms with Gasteiger partial charge in [0, 0.05) is 12.5 Å². The van der Waals surface area contributed by atoms with E-state index < -0.39 is 23.9 Å². The Morgan fingerprint density at radius 1 is 1.50 bits per heavy atom. The van der Waals surface area contributed by atoms with Crippen LogP contribution in [0.15, 0.2) is 29.3 Å². The monoisotopic (exact) mass is 223 g/mol. The molecule has 4 nitrogen and oxygen atoms in total. The zero-order chi connectivity index (χ0) is 11.7. The molecule has 1 aliphatic rings. The number of carbonyl (C=O) groups is 1. The van der Waals surface area contributed by atoms with E-state index in [4.69, 9.17) is 9.84 Å². The summed E-state index contributed by atoms with van der Waals surface area (Å²) >= 11 is 0. The van der Waals surface area contributed by atoms with Crippen molar-refractivity contribution in [2.75, 3.05) is 0 Å². The SMILES string of the molecule is CC1=NC(C(=O)O)C(c2ccccc2F)O1. The third kappa shape index (κ3) is 1.76. The number of halogens is 1. The van der Waals surface area contributed by atoms with Gasteiger partial charge in [0.25, 0.3) is 0 Å². The Kier molecular flexibility index (Phi) is 2.60. The van der Waals surface area contributed by atoms with Gasteiger partial charge in [0.2, 0.25) is 0 Å². The van der Waals surface area contributed by atoms with Crippen LogP contribution in [0.3, 0.4) is 0 Å². The van der Waals surface area contributed by atoms with Gasteiger partial charge in [-0.25, -0.2) is 14.2 Å². The number of aliphatic carboxylic acids is 1. The largest absolute Gasteiger partial charge is 0.480 e. The van der Waals surface area contributed by atoms with Crippen LogP contribution in [0.5, 0.6) is 0 Å². The van der Waals surface area contributed by atoms with Crippen LogP contribution >= 0.6 is 0 Å². The number of carboxylic acids is 1. The number of aliphatic imine (C=N–C) groups is 1. The maximum Gasteiger partial charge on any atom is 0.332 e. The lowest BCUT2D eigenvalue weighted by Gasteiger charge is -2.15. The molecule has 1 aromatic carbocycles. The first-order valence-corrected chi connectivity index (χ1v) is 4.78. The van der Waals surface area contributed by atoms with E-state index >= 15 is 0 Å². The number of hydrogen-bond acceptors (Lipinski definition) is 3. The minimum Gasteiger partial charge on any atom is -0.480 e. The van der Waals surface area contributed by atoms with Crippen molar-refractivity contribution in [2.24, 2.45) is 4.99 Å². The summed E-state index contributed by atoms with van der Waals surface area (Å²) in [4.78, 5) is 14.7. The Bertz CT molecular complexity index is 458. The second kappa shape index (κ2) is 3.92. The van der Waals surface area contributed by atoms with Crippen molar-refractivity contribution in [1.29, 1.82) is 0 Å². The van der Waals surface area contributed by atoms with Crippen molar-refractivity contribution in [3.8, 4) is 0 Å². The van der Waals surface area contributed by atoms with Crippen LogP contribution < -0.4 is 0 Å². The zero-order valence-corrected chi connectivity index (χ0v) is 8.55. The van der Waals surface area contributed by atoms with Gasteiger partial charge in [0.05, 0.1) is 0 Å². The van der Waals surface area contributed by atoms with E-state index in [0.717, 1.165) is 0 Å². The number of carboxylic acid groups (broad SMARTS) is 1. The van der Waals surface area contributed by atoms with Crippen LogP contribution in [0.1, 0.15) is 18.6 Å². The second-order valence-electron chi connectivity index (χ2n) is 3.49. The highest BCUT2D eigenvalue weighted by Crippen LogP contribution is 2.30. The zero-order valence-electron chi connectivity index (χ0n) is 8.55. The molecule has 1 aromatic rings. The van der Waals surface area contributed by atoms with Crippen LogP contribution in [0, 0.1) is 5.82 Å². The van der Waals surface area contributed by atoms with E-state index in [1.54, 1.807) is 13.0 Å². The summed E-state index contributed by atoms with van der Waals surface area (Å²) in [5.41, 5.74) is 0.218. The van der Waals surface area contributed by atoms with Crippen molar-refractivity contribution in [3.63, 3.8) is 0 Å². The molecule has 5 heteroatoms. The lowest BCUT2D eigenvalue weighted by molar-refractivity contribution is -0.140. The third-order valence-corrected chi connectivity index (χ3v) is 2.37. The van der Waals surface area contributed by atoms with E-state index in [9.17, 15) is 9.18 Å². The molecule has 1 N–H and O–H groups in total. The highest BCUT2D eigenvalue weighted by Gasteiger charge is 2.37. The van der Waals surface area contributed by atoms with Crippen LogP contribution in [-0.2, 0) is 9.53 Å². The van der Waals surface area contributed by atoms with E-state index in [1.165, 1.54) is 18.2 Å². The highest BCUT2D eigenvalue weighted by molar-refractivity contribution is 5.84. The van der Waals surface area contributed by atoms with Crippen molar-refractivity contribution in [2.45, 2.75) is 19.1 Å². The standard InChI is InChI=1S/C11H10FNO3/c1-6-13-9(11(14)15)10(16-6)7-4-2-3-5-8(7)12/h2-5,9-10H,1H3,(H,14,15). The molecule has 2 rings (SSSR count). The molecule has 1 heterocycles. The molecule has 0 bridgehead atoms. The fourth-order valence-corrected chi connectivity index (χ4v) is 1.67. The minimum absolute atomic E-state index is 0.218. The molecule has 16 heavy (non-hydrogen) atoms. The predicted octanol–water partition coefficient (Wildman–Crippen LogP) is 1.77. The van der Waals surface area contributed by atoms with Gasteiger partial charge in [0.1, 0.15) is 5.82 Å². The average molecular weight is 223 g/mol. The van der Waals surface area contributed by atoms with Crippen LogP contribution in [0.4, 0.5) is 4.39 Å². The molecular formula is C11H10FNO3. The lowest BCUT2D eigenvalue weighted by atomic mass is 10.0. The van der Waals surface area contributed by atoms with Crippen molar-refractivity contribution in [3.05, 3.63) is 35.6 Å². The Morgan fingerprint density at radius 2 is 2.19 bits per heavy atom. The van der Waals surface area contributed by atoms with Crippen LogP contribution in [0.2, 0.25) is 0 Å². The van der Waals surface area contributed by atoms with Crippen LogP contribution in [0.25, 0.3) is 0 Å². The minimum atomic E-state index is -1.12. The Hall–Kier alpha value is -1.91. The summed E-state index contributed by atoms with van der Waals surface area (Å²) in [7, 11) is 0. The summed E-state index contributed by atoms with van der Waals surface area (Å²) in [5.74, 6) is -1.34. The topological polar surface area (TPSA) is 58.9 Å². The van der Waals surface area contributed by atoms with Crippen molar-refractivity contribution in [1.82, 2.24) is 0 Å².